The molecule has 2 heterocycles. The fourth-order valence-electron chi connectivity index (χ4n) is 3.48. The van der Waals surface area contributed by atoms with E-state index in [0.29, 0.717) is 30.7 Å². The van der Waals surface area contributed by atoms with E-state index in [1.807, 2.05) is 0 Å². The Hall–Kier alpha value is -1.83. The average Bonchev–Trinajstić information content (AvgIpc) is 3.46. The van der Waals surface area contributed by atoms with Crippen LogP contribution in [0, 0.1) is 11.7 Å². The molecule has 2 aromatic rings. The fraction of sp³-hybridized carbons (Fsp3) is 0.500. The van der Waals surface area contributed by atoms with Gasteiger partial charge >= 0.3 is 0 Å². The molecule has 3 N–H and O–H groups in total. The van der Waals surface area contributed by atoms with Gasteiger partial charge in [-0.2, -0.15) is 0 Å². The summed E-state index contributed by atoms with van der Waals surface area (Å²) in [5.74, 6) is 0.221. The third-order valence-electron chi connectivity index (χ3n) is 5.28. The van der Waals surface area contributed by atoms with Gasteiger partial charge in [0.1, 0.15) is 5.82 Å². The summed E-state index contributed by atoms with van der Waals surface area (Å²) < 4.78 is 18.5. The van der Waals surface area contributed by atoms with Crippen molar-refractivity contribution in [2.75, 3.05) is 18.5 Å². The number of nitrogens with zero attached hydrogens (tertiary/aromatic N) is 1. The maximum atomic E-state index is 13.1. The molecule has 0 radical (unpaired) electrons. The van der Waals surface area contributed by atoms with Crippen molar-refractivity contribution in [1.29, 1.82) is 0 Å². The Labute approximate surface area is 162 Å². The van der Waals surface area contributed by atoms with Crippen LogP contribution in [0.4, 0.5) is 9.52 Å². The Bertz CT molecular complexity index is 798. The Morgan fingerprint density at radius 1 is 1.26 bits per heavy atom. The van der Waals surface area contributed by atoms with E-state index in [0.717, 1.165) is 41.8 Å². The minimum Gasteiger partial charge on any atom is -0.381 e. The fourth-order valence-corrected chi connectivity index (χ4v) is 4.57. The highest BCUT2D eigenvalue weighted by atomic mass is 32.1. The van der Waals surface area contributed by atoms with Crippen molar-refractivity contribution in [3.05, 3.63) is 46.2 Å². The minimum absolute atomic E-state index is 0.153. The van der Waals surface area contributed by atoms with Gasteiger partial charge in [0.25, 0.3) is 0 Å². The number of thiazole rings is 1. The van der Waals surface area contributed by atoms with Gasteiger partial charge in [0, 0.05) is 30.4 Å². The molecule has 1 aromatic heterocycles. The van der Waals surface area contributed by atoms with Crippen LogP contribution in [0.15, 0.2) is 24.3 Å². The molecule has 0 spiro atoms. The molecule has 0 bridgehead atoms. The molecule has 4 rings (SSSR count). The summed E-state index contributed by atoms with van der Waals surface area (Å²) in [7, 11) is 0. The summed E-state index contributed by atoms with van der Waals surface area (Å²) in [6.07, 6.45) is 4.60. The predicted octanol–water partition coefficient (Wildman–Crippen LogP) is 3.44. The van der Waals surface area contributed by atoms with Crippen LogP contribution in [0.2, 0.25) is 0 Å². The average molecular weight is 389 g/mol. The number of halogens is 1. The molecule has 1 saturated carbocycles. The third-order valence-corrected chi connectivity index (χ3v) is 6.26. The highest BCUT2D eigenvalue weighted by Crippen LogP contribution is 2.44. The van der Waals surface area contributed by atoms with Gasteiger partial charge in [-0.3, -0.25) is 4.79 Å². The first-order valence-electron chi connectivity index (χ1n) is 9.48. The van der Waals surface area contributed by atoms with Crippen LogP contribution in [-0.4, -0.2) is 30.1 Å². The number of hydrogen-bond acceptors (Lipinski definition) is 5. The summed E-state index contributed by atoms with van der Waals surface area (Å²) >= 11 is 1.50. The molecule has 1 aromatic carbocycles. The van der Waals surface area contributed by atoms with Gasteiger partial charge in [-0.05, 0) is 49.3 Å². The largest absolute Gasteiger partial charge is 0.381 e. The molecule has 1 unspecified atom stereocenters. The maximum Gasteiger partial charge on any atom is 0.243 e. The lowest BCUT2D eigenvalue weighted by Crippen LogP contribution is -2.43. The number of anilines is 1. The second-order valence-corrected chi connectivity index (χ2v) is 8.45. The molecule has 27 heavy (non-hydrogen) atoms. The van der Waals surface area contributed by atoms with Crippen LogP contribution in [0.3, 0.4) is 0 Å². The second-order valence-electron chi connectivity index (χ2n) is 7.37. The number of rotatable bonds is 6. The normalized spacial score (nSPS) is 19.0. The van der Waals surface area contributed by atoms with E-state index in [1.54, 1.807) is 12.1 Å². The quantitative estimate of drug-likeness (QED) is 0.793. The van der Waals surface area contributed by atoms with E-state index in [1.165, 1.54) is 23.5 Å². The molecular weight excluding hydrogens is 365 g/mol. The number of benzene rings is 1. The van der Waals surface area contributed by atoms with Crippen LogP contribution in [0.1, 0.15) is 47.7 Å². The smallest absolute Gasteiger partial charge is 0.243 e. The first-order chi connectivity index (χ1) is 13.1. The van der Waals surface area contributed by atoms with Gasteiger partial charge in [-0.25, -0.2) is 9.37 Å². The molecule has 5 nitrogen and oxygen atoms in total. The highest BCUT2D eigenvalue weighted by Gasteiger charge is 2.31. The zero-order valence-electron chi connectivity index (χ0n) is 15.1. The van der Waals surface area contributed by atoms with Gasteiger partial charge in [0.05, 0.1) is 11.7 Å². The Morgan fingerprint density at radius 3 is 2.63 bits per heavy atom. The van der Waals surface area contributed by atoms with Crippen molar-refractivity contribution in [3.63, 3.8) is 0 Å². The molecule has 1 amide bonds. The summed E-state index contributed by atoms with van der Waals surface area (Å²) in [5.41, 5.74) is 8.28. The van der Waals surface area contributed by atoms with E-state index >= 15 is 0 Å². The van der Waals surface area contributed by atoms with Crippen LogP contribution in [-0.2, 0) is 16.0 Å². The van der Waals surface area contributed by atoms with Gasteiger partial charge in [-0.15, -0.1) is 11.3 Å². The zero-order valence-corrected chi connectivity index (χ0v) is 15.9. The molecule has 1 atom stereocenters. The lowest BCUT2D eigenvalue weighted by molar-refractivity contribution is -0.119. The standard InChI is InChI=1S/C20H24FN3O2S/c21-15-5-1-12(2-6-15)11-16-18(14-3-4-14)23-20(27-16)24-19(25)17(22)13-7-9-26-10-8-13/h1-2,5-6,13-14,17H,3-4,7-11,22H2,(H,23,24,25). The van der Waals surface area contributed by atoms with E-state index in [9.17, 15) is 9.18 Å². The topological polar surface area (TPSA) is 77.2 Å². The molecule has 1 saturated heterocycles. The lowest BCUT2D eigenvalue weighted by Gasteiger charge is -2.26. The molecule has 1 aliphatic heterocycles. The Balaban J connectivity index is 1.46. The highest BCUT2D eigenvalue weighted by molar-refractivity contribution is 7.15. The van der Waals surface area contributed by atoms with Gasteiger partial charge in [-0.1, -0.05) is 12.1 Å². The summed E-state index contributed by atoms with van der Waals surface area (Å²) in [6.45, 7) is 1.33. The number of carbonyl (C=O) groups excluding carboxylic acids is 1. The summed E-state index contributed by atoms with van der Waals surface area (Å²) in [4.78, 5) is 18.4. The van der Waals surface area contributed by atoms with Crippen LogP contribution >= 0.6 is 11.3 Å². The first-order valence-corrected chi connectivity index (χ1v) is 10.3. The SMILES string of the molecule is NC(C(=O)Nc1nc(C2CC2)c(Cc2ccc(F)cc2)s1)C1CCOCC1. The van der Waals surface area contributed by atoms with Gasteiger partial charge in [0.15, 0.2) is 5.13 Å². The number of amides is 1. The molecular formula is C20H24FN3O2S. The van der Waals surface area contributed by atoms with Crippen molar-refractivity contribution < 1.29 is 13.9 Å². The molecule has 7 heteroatoms. The third kappa shape index (κ3) is 4.54. The zero-order chi connectivity index (χ0) is 18.8. The number of hydrogen-bond donors (Lipinski definition) is 2. The Morgan fingerprint density at radius 2 is 1.96 bits per heavy atom. The predicted molar refractivity (Wildman–Crippen MR) is 103 cm³/mol. The van der Waals surface area contributed by atoms with Crippen LogP contribution < -0.4 is 11.1 Å². The van der Waals surface area contributed by atoms with Crippen molar-refractivity contribution >= 4 is 22.4 Å². The van der Waals surface area contributed by atoms with E-state index < -0.39 is 6.04 Å². The van der Waals surface area contributed by atoms with E-state index in [-0.39, 0.29) is 17.6 Å². The van der Waals surface area contributed by atoms with Crippen molar-refractivity contribution in [1.82, 2.24) is 4.98 Å². The number of carbonyl (C=O) groups is 1. The summed E-state index contributed by atoms with van der Waals surface area (Å²) in [6, 6.07) is 6.00. The molecule has 2 fully saturated rings. The molecule has 1 aliphatic carbocycles. The summed E-state index contributed by atoms with van der Waals surface area (Å²) in [5, 5.41) is 3.53. The van der Waals surface area contributed by atoms with Crippen molar-refractivity contribution in [2.24, 2.45) is 11.7 Å². The van der Waals surface area contributed by atoms with Crippen molar-refractivity contribution in [2.45, 2.75) is 44.1 Å². The van der Waals surface area contributed by atoms with Crippen molar-refractivity contribution in [3.8, 4) is 0 Å². The molecule has 144 valence electrons. The first kappa shape index (κ1) is 18.5. The van der Waals surface area contributed by atoms with Crippen LogP contribution in [0.5, 0.6) is 0 Å². The number of ether oxygens (including phenoxy) is 1. The maximum absolute atomic E-state index is 13.1. The van der Waals surface area contributed by atoms with E-state index in [4.69, 9.17) is 10.5 Å². The molecule has 2 aliphatic rings. The van der Waals surface area contributed by atoms with E-state index in [2.05, 4.69) is 10.3 Å². The van der Waals surface area contributed by atoms with Gasteiger partial charge in [0.2, 0.25) is 5.91 Å². The van der Waals surface area contributed by atoms with Crippen LogP contribution in [0.25, 0.3) is 0 Å². The minimum atomic E-state index is -0.539. The number of aromatic nitrogens is 1. The lowest BCUT2D eigenvalue weighted by atomic mass is 9.92. The Kier molecular flexibility index (Phi) is 5.52. The van der Waals surface area contributed by atoms with Gasteiger partial charge < -0.3 is 15.8 Å². The number of nitrogens with one attached hydrogen (secondary N) is 1. The second kappa shape index (κ2) is 8.04. The number of nitrogens with two attached hydrogens (primary N) is 1. The monoisotopic (exact) mass is 389 g/mol.